The van der Waals surface area contributed by atoms with Crippen molar-refractivity contribution in [1.82, 2.24) is 0 Å². The van der Waals surface area contributed by atoms with Crippen LogP contribution in [0.4, 0.5) is 13.2 Å². The summed E-state index contributed by atoms with van der Waals surface area (Å²) in [6, 6.07) is 0.530. The third-order valence-electron chi connectivity index (χ3n) is 2.79. The van der Waals surface area contributed by atoms with Crippen LogP contribution in [0.3, 0.4) is 0 Å². The molecule has 94 valence electrons. The number of hydrogen-bond donors (Lipinski definition) is 1. The maximum absolute atomic E-state index is 13.6. The molecule has 1 unspecified atom stereocenters. The van der Waals surface area contributed by atoms with Crippen LogP contribution in [0.15, 0.2) is 17.7 Å². The number of aliphatic carboxylic acids is 1. The number of carboxylic acids is 1. The van der Waals surface area contributed by atoms with Crippen LogP contribution in [0.5, 0.6) is 0 Å². The summed E-state index contributed by atoms with van der Waals surface area (Å²) in [7, 11) is 0. The lowest BCUT2D eigenvalue weighted by Crippen LogP contribution is -2.22. The van der Waals surface area contributed by atoms with E-state index < -0.39 is 46.3 Å². The Hall–Kier alpha value is -2.11. The summed E-state index contributed by atoms with van der Waals surface area (Å²) >= 11 is 0. The molecule has 6 heteroatoms. The molecule has 0 bridgehead atoms. The molecule has 0 saturated carbocycles. The Bertz CT molecular complexity index is 605. The highest BCUT2D eigenvalue weighted by Crippen LogP contribution is 2.34. The van der Waals surface area contributed by atoms with E-state index in [-0.39, 0.29) is 5.56 Å². The quantitative estimate of drug-likeness (QED) is 0.620. The molecule has 1 aliphatic carbocycles. The standard InChI is InChI=1S/C12H7F3O3/c1-4-2-6(12(17)18)11(16)5-3-7(13)9(14)10(15)8(4)5/h2-4H,1H3,(H,17,18). The number of rotatable bonds is 1. The predicted molar refractivity (Wildman–Crippen MR) is 54.8 cm³/mol. The molecule has 0 aliphatic heterocycles. The minimum absolute atomic E-state index is 0.316. The van der Waals surface area contributed by atoms with Crippen LogP contribution in [0, 0.1) is 17.5 Å². The van der Waals surface area contributed by atoms with Gasteiger partial charge < -0.3 is 5.11 Å². The third kappa shape index (κ3) is 1.61. The molecule has 0 heterocycles. The molecule has 0 radical (unpaired) electrons. The topological polar surface area (TPSA) is 54.4 Å². The zero-order valence-electron chi connectivity index (χ0n) is 9.13. The predicted octanol–water partition coefficient (Wildman–Crippen LogP) is 2.41. The maximum atomic E-state index is 13.6. The van der Waals surface area contributed by atoms with Crippen LogP contribution in [-0.4, -0.2) is 16.9 Å². The SMILES string of the molecule is CC1C=C(C(=O)O)C(=O)c2cc(F)c(F)c(F)c21. The number of fused-ring (bicyclic) bond motifs is 1. The van der Waals surface area contributed by atoms with Gasteiger partial charge in [0.15, 0.2) is 17.5 Å². The van der Waals surface area contributed by atoms with Gasteiger partial charge >= 0.3 is 5.97 Å². The summed E-state index contributed by atoms with van der Waals surface area (Å²) in [6.07, 6.45) is 1.02. The fourth-order valence-corrected chi connectivity index (χ4v) is 1.96. The normalized spacial score (nSPS) is 18.3. The van der Waals surface area contributed by atoms with E-state index >= 15 is 0 Å². The van der Waals surface area contributed by atoms with Crippen LogP contribution in [0.2, 0.25) is 0 Å². The average molecular weight is 256 g/mol. The van der Waals surface area contributed by atoms with Crippen LogP contribution < -0.4 is 0 Å². The number of carbonyl (C=O) groups excluding carboxylic acids is 1. The number of halogens is 3. The summed E-state index contributed by atoms with van der Waals surface area (Å²) in [5.74, 6) is -7.96. The lowest BCUT2D eigenvalue weighted by atomic mass is 9.83. The number of hydrogen-bond acceptors (Lipinski definition) is 2. The molecule has 1 aromatic rings. The smallest absolute Gasteiger partial charge is 0.339 e. The largest absolute Gasteiger partial charge is 0.478 e. The summed E-state index contributed by atoms with van der Waals surface area (Å²) in [5.41, 5.74) is -1.33. The van der Waals surface area contributed by atoms with E-state index in [9.17, 15) is 22.8 Å². The number of benzene rings is 1. The van der Waals surface area contributed by atoms with Crippen molar-refractivity contribution in [3.63, 3.8) is 0 Å². The molecule has 2 rings (SSSR count). The molecule has 0 fully saturated rings. The van der Waals surface area contributed by atoms with Gasteiger partial charge in [-0.2, -0.15) is 0 Å². The van der Waals surface area contributed by atoms with Gasteiger partial charge in [-0.05, 0) is 6.07 Å². The van der Waals surface area contributed by atoms with Gasteiger partial charge in [0.2, 0.25) is 5.78 Å². The van der Waals surface area contributed by atoms with Gasteiger partial charge in [-0.15, -0.1) is 0 Å². The highest BCUT2D eigenvalue weighted by atomic mass is 19.2. The summed E-state index contributed by atoms with van der Waals surface area (Å²) < 4.78 is 39.7. The van der Waals surface area contributed by atoms with E-state index in [1.165, 1.54) is 6.92 Å². The Labute approximate surface area is 99.5 Å². The number of ketones is 1. The molecule has 0 amide bonds. The summed E-state index contributed by atoms with van der Waals surface area (Å²) in [4.78, 5) is 22.5. The molecule has 1 aromatic carbocycles. The minimum Gasteiger partial charge on any atom is -0.478 e. The Morgan fingerprint density at radius 2 is 1.89 bits per heavy atom. The van der Waals surface area contributed by atoms with Crippen molar-refractivity contribution in [2.24, 2.45) is 0 Å². The van der Waals surface area contributed by atoms with Crippen molar-refractivity contribution in [2.45, 2.75) is 12.8 Å². The first-order valence-corrected chi connectivity index (χ1v) is 5.01. The van der Waals surface area contributed by atoms with Gasteiger partial charge in [0.1, 0.15) is 5.57 Å². The van der Waals surface area contributed by atoms with Crippen LogP contribution in [0.1, 0.15) is 28.8 Å². The van der Waals surface area contributed by atoms with Crippen molar-refractivity contribution in [1.29, 1.82) is 0 Å². The first-order valence-electron chi connectivity index (χ1n) is 5.01. The molecule has 0 saturated heterocycles. The first kappa shape index (κ1) is 12.3. The lowest BCUT2D eigenvalue weighted by Gasteiger charge is -2.20. The van der Waals surface area contributed by atoms with E-state index in [0.29, 0.717) is 6.07 Å². The molecule has 1 N–H and O–H groups in total. The van der Waals surface area contributed by atoms with Crippen molar-refractivity contribution >= 4 is 11.8 Å². The van der Waals surface area contributed by atoms with Crippen LogP contribution >= 0.6 is 0 Å². The Morgan fingerprint density at radius 1 is 1.28 bits per heavy atom. The zero-order valence-corrected chi connectivity index (χ0v) is 9.13. The van der Waals surface area contributed by atoms with Gasteiger partial charge in [-0.25, -0.2) is 18.0 Å². The van der Waals surface area contributed by atoms with Crippen molar-refractivity contribution in [2.75, 3.05) is 0 Å². The second kappa shape index (κ2) is 3.97. The van der Waals surface area contributed by atoms with E-state index in [4.69, 9.17) is 5.11 Å². The molecule has 0 aromatic heterocycles. The number of carboxylic acid groups (broad SMARTS) is 1. The number of allylic oxidation sites excluding steroid dienone is 1. The summed E-state index contributed by atoms with van der Waals surface area (Å²) in [5, 5.41) is 8.79. The number of carbonyl (C=O) groups is 2. The lowest BCUT2D eigenvalue weighted by molar-refractivity contribution is -0.132. The van der Waals surface area contributed by atoms with Gasteiger partial charge in [0.05, 0.1) is 0 Å². The van der Waals surface area contributed by atoms with Crippen molar-refractivity contribution in [3.05, 3.63) is 46.3 Å². The van der Waals surface area contributed by atoms with Crippen molar-refractivity contribution in [3.8, 4) is 0 Å². The molecule has 1 aliphatic rings. The van der Waals surface area contributed by atoms with Gasteiger partial charge in [0, 0.05) is 17.0 Å². The maximum Gasteiger partial charge on any atom is 0.339 e. The second-order valence-electron chi connectivity index (χ2n) is 3.95. The molecule has 0 spiro atoms. The third-order valence-corrected chi connectivity index (χ3v) is 2.79. The van der Waals surface area contributed by atoms with E-state index in [2.05, 4.69) is 0 Å². The molecule has 1 atom stereocenters. The highest BCUT2D eigenvalue weighted by Gasteiger charge is 2.33. The highest BCUT2D eigenvalue weighted by molar-refractivity contribution is 6.25. The van der Waals surface area contributed by atoms with E-state index in [0.717, 1.165) is 6.08 Å². The zero-order chi connectivity index (χ0) is 13.6. The van der Waals surface area contributed by atoms with Crippen LogP contribution in [0.25, 0.3) is 0 Å². The van der Waals surface area contributed by atoms with E-state index in [1.54, 1.807) is 0 Å². The first-order chi connectivity index (χ1) is 8.34. The van der Waals surface area contributed by atoms with Crippen molar-refractivity contribution < 1.29 is 27.9 Å². The molecule has 18 heavy (non-hydrogen) atoms. The molecule has 3 nitrogen and oxygen atoms in total. The Kier molecular flexibility index (Phi) is 2.73. The second-order valence-corrected chi connectivity index (χ2v) is 3.95. The number of Topliss-reactive ketones (excluding diaryl/α,β-unsaturated/α-hetero) is 1. The fourth-order valence-electron chi connectivity index (χ4n) is 1.96. The monoisotopic (exact) mass is 256 g/mol. The Morgan fingerprint density at radius 3 is 2.44 bits per heavy atom. The minimum atomic E-state index is -1.67. The summed E-state index contributed by atoms with van der Waals surface area (Å²) in [6.45, 7) is 1.40. The Balaban J connectivity index is 2.73. The molecular weight excluding hydrogens is 249 g/mol. The van der Waals surface area contributed by atoms with Gasteiger partial charge in [-0.3, -0.25) is 4.79 Å². The van der Waals surface area contributed by atoms with Gasteiger partial charge in [-0.1, -0.05) is 13.0 Å². The average Bonchev–Trinajstić information content (AvgIpc) is 2.29. The van der Waals surface area contributed by atoms with Gasteiger partial charge in [0.25, 0.3) is 0 Å². The fraction of sp³-hybridized carbons (Fsp3) is 0.167. The molecular formula is C12H7F3O3. The van der Waals surface area contributed by atoms with Crippen LogP contribution in [-0.2, 0) is 4.79 Å². The van der Waals surface area contributed by atoms with E-state index in [1.807, 2.05) is 0 Å².